The molecular weight excluding hydrogens is 240 g/mol. The smallest absolute Gasteiger partial charge is 0.0647 e. The van der Waals surface area contributed by atoms with Crippen molar-refractivity contribution in [1.82, 2.24) is 0 Å². The van der Waals surface area contributed by atoms with E-state index in [-0.39, 0.29) is 5.41 Å². The van der Waals surface area contributed by atoms with E-state index in [1.165, 1.54) is 20.9 Å². The van der Waals surface area contributed by atoms with Crippen molar-refractivity contribution in [3.05, 3.63) is 59.7 Å². The molecule has 2 aromatic rings. The van der Waals surface area contributed by atoms with Gasteiger partial charge < -0.3 is 5.11 Å². The Labute approximate surface area is 112 Å². The van der Waals surface area contributed by atoms with Crippen molar-refractivity contribution in [2.45, 2.75) is 35.2 Å². The summed E-state index contributed by atoms with van der Waals surface area (Å²) in [5, 5.41) is 10.3. The van der Waals surface area contributed by atoms with Gasteiger partial charge in [-0.15, -0.1) is 0 Å². The number of hydrogen-bond donors (Lipinski definition) is 1. The van der Waals surface area contributed by atoms with Crippen molar-refractivity contribution in [3.63, 3.8) is 0 Å². The van der Waals surface area contributed by atoms with Crippen LogP contribution in [0, 0.1) is 0 Å². The number of aliphatic hydroxyl groups is 1. The molecule has 1 heterocycles. The first-order valence-electron chi connectivity index (χ1n) is 6.19. The van der Waals surface area contributed by atoms with Crippen LogP contribution in [0.5, 0.6) is 0 Å². The van der Waals surface area contributed by atoms with Crippen LogP contribution in [0.4, 0.5) is 0 Å². The Bertz CT molecular complexity index is 544. The highest BCUT2D eigenvalue weighted by atomic mass is 32.2. The molecule has 0 radical (unpaired) electrons. The molecular formula is C16H16OS. The predicted molar refractivity (Wildman–Crippen MR) is 75.1 cm³/mol. The van der Waals surface area contributed by atoms with E-state index in [1.807, 2.05) is 19.1 Å². The van der Waals surface area contributed by atoms with Crippen molar-refractivity contribution >= 4 is 11.8 Å². The zero-order valence-corrected chi connectivity index (χ0v) is 11.4. The number of hydrogen-bond acceptors (Lipinski definition) is 2. The molecule has 0 saturated carbocycles. The van der Waals surface area contributed by atoms with Gasteiger partial charge in [-0.1, -0.05) is 48.2 Å². The maximum Gasteiger partial charge on any atom is 0.0647 e. The SMILES string of the molecule is CC(O)C1(C)c2ccccc2Sc2ccccc21. The van der Waals surface area contributed by atoms with Gasteiger partial charge in [0, 0.05) is 15.2 Å². The lowest BCUT2D eigenvalue weighted by molar-refractivity contribution is 0.126. The minimum absolute atomic E-state index is 0.321. The van der Waals surface area contributed by atoms with Crippen LogP contribution in [0.2, 0.25) is 0 Å². The molecule has 0 aromatic heterocycles. The fourth-order valence-electron chi connectivity index (χ4n) is 2.68. The first kappa shape index (κ1) is 11.8. The molecule has 0 amide bonds. The standard InChI is InChI=1S/C16H16OS/c1-11(17)16(2)12-7-3-5-9-14(12)18-15-10-6-4-8-13(15)16/h3-11,17H,1-2H3. The summed E-state index contributed by atoms with van der Waals surface area (Å²) in [6.07, 6.45) is -0.416. The molecule has 0 fully saturated rings. The fraction of sp³-hybridized carbons (Fsp3) is 0.250. The van der Waals surface area contributed by atoms with Crippen molar-refractivity contribution < 1.29 is 5.11 Å². The average molecular weight is 256 g/mol. The van der Waals surface area contributed by atoms with E-state index in [0.717, 1.165) is 0 Å². The summed E-state index contributed by atoms with van der Waals surface area (Å²) < 4.78 is 0. The van der Waals surface area contributed by atoms with Crippen LogP contribution in [0.25, 0.3) is 0 Å². The first-order valence-corrected chi connectivity index (χ1v) is 7.00. The van der Waals surface area contributed by atoms with Crippen LogP contribution in [0.1, 0.15) is 25.0 Å². The van der Waals surface area contributed by atoms with Gasteiger partial charge in [-0.3, -0.25) is 0 Å². The van der Waals surface area contributed by atoms with Gasteiger partial charge in [0.1, 0.15) is 0 Å². The van der Waals surface area contributed by atoms with Crippen molar-refractivity contribution in [3.8, 4) is 0 Å². The lowest BCUT2D eigenvalue weighted by atomic mass is 9.72. The lowest BCUT2D eigenvalue weighted by Crippen LogP contribution is -2.38. The molecule has 2 aromatic carbocycles. The summed E-state index contributed by atoms with van der Waals surface area (Å²) in [5.41, 5.74) is 2.13. The summed E-state index contributed by atoms with van der Waals surface area (Å²) in [4.78, 5) is 2.50. The third kappa shape index (κ3) is 1.53. The van der Waals surface area contributed by atoms with Crippen LogP contribution in [0.3, 0.4) is 0 Å². The van der Waals surface area contributed by atoms with Gasteiger partial charge in [0.2, 0.25) is 0 Å². The highest BCUT2D eigenvalue weighted by molar-refractivity contribution is 7.99. The Morgan fingerprint density at radius 3 is 1.83 bits per heavy atom. The molecule has 1 atom stereocenters. The summed E-state index contributed by atoms with van der Waals surface area (Å²) in [6, 6.07) is 16.7. The molecule has 3 rings (SSSR count). The predicted octanol–water partition coefficient (Wildman–Crippen LogP) is 3.84. The first-order chi connectivity index (χ1) is 8.64. The molecule has 92 valence electrons. The van der Waals surface area contributed by atoms with Gasteiger partial charge in [0.15, 0.2) is 0 Å². The van der Waals surface area contributed by atoms with Gasteiger partial charge in [-0.2, -0.15) is 0 Å². The Hall–Kier alpha value is -1.25. The largest absolute Gasteiger partial charge is 0.392 e. The highest BCUT2D eigenvalue weighted by Crippen LogP contribution is 2.50. The number of fused-ring (bicyclic) bond motifs is 2. The zero-order valence-electron chi connectivity index (χ0n) is 10.6. The second-order valence-electron chi connectivity index (χ2n) is 4.97. The Morgan fingerprint density at radius 1 is 0.944 bits per heavy atom. The monoisotopic (exact) mass is 256 g/mol. The molecule has 18 heavy (non-hydrogen) atoms. The number of aliphatic hydroxyl groups excluding tert-OH is 1. The highest BCUT2D eigenvalue weighted by Gasteiger charge is 2.40. The lowest BCUT2D eigenvalue weighted by Gasteiger charge is -2.39. The van der Waals surface area contributed by atoms with Crippen molar-refractivity contribution in [1.29, 1.82) is 0 Å². The molecule has 1 aliphatic heterocycles. The van der Waals surface area contributed by atoms with Gasteiger partial charge in [0.05, 0.1) is 6.10 Å². The summed E-state index contributed by atoms with van der Waals surface area (Å²) in [7, 11) is 0. The molecule has 2 heteroatoms. The van der Waals surface area contributed by atoms with E-state index in [2.05, 4.69) is 43.3 Å². The molecule has 1 unspecified atom stereocenters. The maximum atomic E-state index is 10.3. The molecule has 1 N–H and O–H groups in total. The minimum atomic E-state index is -0.416. The summed E-state index contributed by atoms with van der Waals surface area (Å²) in [5.74, 6) is 0. The number of benzene rings is 2. The Morgan fingerprint density at radius 2 is 1.39 bits per heavy atom. The minimum Gasteiger partial charge on any atom is -0.392 e. The topological polar surface area (TPSA) is 20.2 Å². The molecule has 1 nitrogen and oxygen atoms in total. The fourth-order valence-corrected chi connectivity index (χ4v) is 3.99. The van der Waals surface area contributed by atoms with E-state index >= 15 is 0 Å². The normalized spacial score (nSPS) is 17.7. The maximum absolute atomic E-state index is 10.3. The van der Waals surface area contributed by atoms with Gasteiger partial charge in [0.25, 0.3) is 0 Å². The molecule has 0 aliphatic carbocycles. The van der Waals surface area contributed by atoms with E-state index in [9.17, 15) is 5.11 Å². The summed E-state index contributed by atoms with van der Waals surface area (Å²) >= 11 is 1.79. The van der Waals surface area contributed by atoms with E-state index in [1.54, 1.807) is 11.8 Å². The molecule has 1 aliphatic rings. The van der Waals surface area contributed by atoms with Gasteiger partial charge in [-0.05, 0) is 37.1 Å². The summed E-state index contributed by atoms with van der Waals surface area (Å²) in [6.45, 7) is 4.01. The molecule has 0 saturated heterocycles. The zero-order chi connectivity index (χ0) is 12.8. The van der Waals surface area contributed by atoms with Crippen LogP contribution >= 0.6 is 11.8 Å². The van der Waals surface area contributed by atoms with Crippen molar-refractivity contribution in [2.24, 2.45) is 0 Å². The molecule has 0 bridgehead atoms. The van der Waals surface area contributed by atoms with E-state index in [4.69, 9.17) is 0 Å². The third-order valence-corrected chi connectivity index (χ3v) is 5.10. The van der Waals surface area contributed by atoms with Gasteiger partial charge in [-0.25, -0.2) is 0 Å². The van der Waals surface area contributed by atoms with Crippen LogP contribution in [-0.2, 0) is 5.41 Å². The second kappa shape index (κ2) is 4.15. The second-order valence-corrected chi connectivity index (χ2v) is 6.06. The van der Waals surface area contributed by atoms with Crippen LogP contribution in [-0.4, -0.2) is 11.2 Å². The quantitative estimate of drug-likeness (QED) is 0.836. The van der Waals surface area contributed by atoms with E-state index in [0.29, 0.717) is 0 Å². The Kier molecular flexibility index (Phi) is 2.72. The third-order valence-electron chi connectivity index (χ3n) is 3.95. The van der Waals surface area contributed by atoms with Gasteiger partial charge >= 0.3 is 0 Å². The van der Waals surface area contributed by atoms with Crippen LogP contribution in [0.15, 0.2) is 58.3 Å². The number of rotatable bonds is 1. The van der Waals surface area contributed by atoms with E-state index < -0.39 is 6.10 Å². The average Bonchev–Trinajstić information content (AvgIpc) is 2.39. The van der Waals surface area contributed by atoms with Crippen molar-refractivity contribution in [2.75, 3.05) is 0 Å². The molecule has 0 spiro atoms. The van der Waals surface area contributed by atoms with Crippen LogP contribution < -0.4 is 0 Å². The Balaban J connectivity index is 2.31.